The number of aliphatic hydroxyl groups is 1. The lowest BCUT2D eigenvalue weighted by Crippen LogP contribution is -2.76. The highest BCUT2D eigenvalue weighted by atomic mass is 16.5. The molecule has 5 nitrogen and oxygen atoms in total. The standard InChI is InChI=1S/C18H19NO4/c1-19-7-6-17-14-10-2-3-11(9-20)15(14)23-16(17)12(21)4-5-18(17,22)13(19)8-10/h2-3,9,13,16,22H,4-8H2,1H3. The van der Waals surface area contributed by atoms with Crippen molar-refractivity contribution in [1.82, 2.24) is 4.90 Å². The highest BCUT2D eigenvalue weighted by molar-refractivity contribution is 5.91. The Bertz CT molecular complexity index is 760. The lowest BCUT2D eigenvalue weighted by atomic mass is 9.49. The van der Waals surface area contributed by atoms with Gasteiger partial charge in [0.1, 0.15) is 5.75 Å². The first-order valence-corrected chi connectivity index (χ1v) is 8.26. The topological polar surface area (TPSA) is 66.8 Å². The minimum absolute atomic E-state index is 0.00372. The molecule has 2 bridgehead atoms. The fourth-order valence-corrected chi connectivity index (χ4v) is 5.66. The number of hydrogen-bond donors (Lipinski definition) is 1. The molecule has 2 aliphatic carbocycles. The zero-order chi connectivity index (χ0) is 16.0. The number of carbonyl (C=O) groups is 2. The molecule has 2 heterocycles. The molecule has 0 radical (unpaired) electrons. The van der Waals surface area contributed by atoms with Gasteiger partial charge in [-0.05, 0) is 44.5 Å². The molecule has 4 unspecified atom stereocenters. The molecule has 1 N–H and O–H groups in total. The average molecular weight is 313 g/mol. The Morgan fingerprint density at radius 3 is 3.00 bits per heavy atom. The maximum Gasteiger partial charge on any atom is 0.174 e. The van der Waals surface area contributed by atoms with E-state index in [1.807, 2.05) is 13.1 Å². The predicted molar refractivity (Wildman–Crippen MR) is 81.9 cm³/mol. The molecule has 0 amide bonds. The Hall–Kier alpha value is -1.72. The third kappa shape index (κ3) is 1.30. The van der Waals surface area contributed by atoms with E-state index < -0.39 is 17.1 Å². The fourth-order valence-electron chi connectivity index (χ4n) is 5.66. The number of carbonyl (C=O) groups excluding carboxylic acids is 2. The quantitative estimate of drug-likeness (QED) is 0.779. The van der Waals surface area contributed by atoms with Crippen molar-refractivity contribution in [2.75, 3.05) is 13.6 Å². The number of nitrogens with zero attached hydrogens (tertiary/aromatic N) is 1. The van der Waals surface area contributed by atoms with Crippen molar-refractivity contribution in [2.24, 2.45) is 0 Å². The van der Waals surface area contributed by atoms with E-state index in [2.05, 4.69) is 4.90 Å². The Balaban J connectivity index is 1.87. The number of hydrogen-bond acceptors (Lipinski definition) is 5. The molecule has 1 saturated carbocycles. The van der Waals surface area contributed by atoms with E-state index in [-0.39, 0.29) is 11.8 Å². The summed E-state index contributed by atoms with van der Waals surface area (Å²) in [6.45, 7) is 0.824. The summed E-state index contributed by atoms with van der Waals surface area (Å²) in [6.07, 6.45) is 2.38. The second kappa shape index (κ2) is 4.02. The van der Waals surface area contributed by atoms with Crippen LogP contribution in [-0.2, 0) is 16.6 Å². The molecule has 4 aliphatic rings. The first-order chi connectivity index (χ1) is 11.0. The van der Waals surface area contributed by atoms with Crippen LogP contribution in [0.25, 0.3) is 0 Å². The average Bonchev–Trinajstić information content (AvgIpc) is 2.90. The Kier molecular flexibility index (Phi) is 2.40. The van der Waals surface area contributed by atoms with Gasteiger partial charge in [-0.2, -0.15) is 0 Å². The Morgan fingerprint density at radius 1 is 1.39 bits per heavy atom. The van der Waals surface area contributed by atoms with Gasteiger partial charge in [-0.1, -0.05) is 6.07 Å². The van der Waals surface area contributed by atoms with Crippen LogP contribution >= 0.6 is 0 Å². The van der Waals surface area contributed by atoms with E-state index in [9.17, 15) is 14.7 Å². The third-order valence-electron chi connectivity index (χ3n) is 6.70. The molecule has 120 valence electrons. The largest absolute Gasteiger partial charge is 0.481 e. The van der Waals surface area contributed by atoms with Crippen molar-refractivity contribution in [3.63, 3.8) is 0 Å². The number of aldehydes is 1. The highest BCUT2D eigenvalue weighted by Gasteiger charge is 2.72. The number of ketones is 1. The van der Waals surface area contributed by atoms with Crippen LogP contribution in [0.1, 0.15) is 40.7 Å². The van der Waals surface area contributed by atoms with Gasteiger partial charge in [0.15, 0.2) is 18.2 Å². The van der Waals surface area contributed by atoms with Crippen molar-refractivity contribution < 1.29 is 19.4 Å². The zero-order valence-corrected chi connectivity index (χ0v) is 13.0. The molecule has 23 heavy (non-hydrogen) atoms. The van der Waals surface area contributed by atoms with Crippen molar-refractivity contribution in [1.29, 1.82) is 0 Å². The number of Topliss-reactive ketones (excluding diaryl/α,β-unsaturated/α-hetero) is 1. The molecule has 5 rings (SSSR count). The van der Waals surface area contributed by atoms with Gasteiger partial charge in [-0.25, -0.2) is 0 Å². The van der Waals surface area contributed by atoms with Gasteiger partial charge in [0.05, 0.1) is 16.6 Å². The number of rotatable bonds is 1. The maximum atomic E-state index is 12.6. The predicted octanol–water partition coefficient (Wildman–Crippen LogP) is 0.852. The maximum absolute atomic E-state index is 12.6. The van der Waals surface area contributed by atoms with Crippen LogP contribution in [0.5, 0.6) is 5.75 Å². The molecule has 2 aliphatic heterocycles. The van der Waals surface area contributed by atoms with Gasteiger partial charge < -0.3 is 14.7 Å². The van der Waals surface area contributed by atoms with E-state index in [0.717, 1.165) is 30.4 Å². The van der Waals surface area contributed by atoms with Crippen LogP contribution in [0.4, 0.5) is 0 Å². The van der Waals surface area contributed by atoms with Crippen molar-refractivity contribution in [3.05, 3.63) is 28.8 Å². The molecule has 0 aromatic heterocycles. The number of piperidine rings is 1. The molecule has 1 saturated heterocycles. The molecule has 1 aromatic rings. The van der Waals surface area contributed by atoms with Gasteiger partial charge in [0.2, 0.25) is 0 Å². The monoisotopic (exact) mass is 313 g/mol. The molecular formula is C18H19NO4. The normalized spacial score (nSPS) is 40.5. The Morgan fingerprint density at radius 2 is 2.22 bits per heavy atom. The van der Waals surface area contributed by atoms with Gasteiger partial charge in [0.25, 0.3) is 0 Å². The number of likely N-dealkylation sites (tertiary alicyclic amines) is 1. The molecule has 5 heteroatoms. The molecule has 1 aromatic carbocycles. The van der Waals surface area contributed by atoms with Gasteiger partial charge >= 0.3 is 0 Å². The summed E-state index contributed by atoms with van der Waals surface area (Å²) in [6, 6.07) is 3.75. The van der Waals surface area contributed by atoms with Crippen molar-refractivity contribution in [3.8, 4) is 5.75 Å². The lowest BCUT2D eigenvalue weighted by Gasteiger charge is -2.62. The van der Waals surface area contributed by atoms with E-state index in [0.29, 0.717) is 30.6 Å². The van der Waals surface area contributed by atoms with E-state index in [4.69, 9.17) is 4.74 Å². The highest BCUT2D eigenvalue weighted by Crippen LogP contribution is 2.63. The first kappa shape index (κ1) is 13.7. The van der Waals surface area contributed by atoms with E-state index in [1.165, 1.54) is 0 Å². The SMILES string of the molecule is CN1CCC23c4c5ccc(C=O)c4OC2C(=O)CCC3(O)C1C5. The van der Waals surface area contributed by atoms with Crippen LogP contribution in [-0.4, -0.2) is 53.4 Å². The fraction of sp³-hybridized carbons (Fsp3) is 0.556. The van der Waals surface area contributed by atoms with Crippen LogP contribution in [0.15, 0.2) is 12.1 Å². The lowest BCUT2D eigenvalue weighted by molar-refractivity contribution is -0.185. The summed E-state index contributed by atoms with van der Waals surface area (Å²) in [5, 5.41) is 11.7. The van der Waals surface area contributed by atoms with Crippen LogP contribution in [0, 0.1) is 0 Å². The summed E-state index contributed by atoms with van der Waals surface area (Å²) in [7, 11) is 2.04. The van der Waals surface area contributed by atoms with Crippen molar-refractivity contribution in [2.45, 2.75) is 48.8 Å². The summed E-state index contributed by atoms with van der Waals surface area (Å²) in [4.78, 5) is 26.3. The minimum atomic E-state index is -0.960. The van der Waals surface area contributed by atoms with E-state index in [1.54, 1.807) is 6.07 Å². The summed E-state index contributed by atoms with van der Waals surface area (Å²) >= 11 is 0. The number of ether oxygens (including phenoxy) is 1. The molecule has 2 fully saturated rings. The second-order valence-corrected chi connectivity index (χ2v) is 7.45. The summed E-state index contributed by atoms with van der Waals surface area (Å²) in [5.74, 6) is 0.595. The summed E-state index contributed by atoms with van der Waals surface area (Å²) in [5.41, 5.74) is 0.899. The van der Waals surface area contributed by atoms with Crippen LogP contribution in [0.3, 0.4) is 0 Å². The van der Waals surface area contributed by atoms with Crippen LogP contribution < -0.4 is 4.74 Å². The van der Waals surface area contributed by atoms with Gasteiger partial charge in [0, 0.05) is 18.0 Å². The molecule has 1 spiro atoms. The van der Waals surface area contributed by atoms with Crippen LogP contribution in [0.2, 0.25) is 0 Å². The molecular weight excluding hydrogens is 294 g/mol. The third-order valence-corrected chi connectivity index (χ3v) is 6.70. The van der Waals surface area contributed by atoms with E-state index >= 15 is 0 Å². The first-order valence-electron chi connectivity index (χ1n) is 8.26. The van der Waals surface area contributed by atoms with Crippen molar-refractivity contribution >= 4 is 12.1 Å². The Labute approximate surface area is 134 Å². The smallest absolute Gasteiger partial charge is 0.174 e. The minimum Gasteiger partial charge on any atom is -0.481 e. The number of likely N-dealkylation sites (N-methyl/N-ethyl adjacent to an activating group) is 1. The zero-order valence-electron chi connectivity index (χ0n) is 13.0. The van der Waals surface area contributed by atoms with Gasteiger partial charge in [-0.3, -0.25) is 9.59 Å². The van der Waals surface area contributed by atoms with Gasteiger partial charge in [-0.15, -0.1) is 0 Å². The molecule has 4 atom stereocenters. The summed E-state index contributed by atoms with van der Waals surface area (Å²) < 4.78 is 6.05. The second-order valence-electron chi connectivity index (χ2n) is 7.45. The number of benzene rings is 1.